The molecule has 1 amide bonds. The van der Waals surface area contributed by atoms with Crippen molar-refractivity contribution in [2.24, 2.45) is 0 Å². The third kappa shape index (κ3) is 3.72. The number of benzene rings is 1. The van der Waals surface area contributed by atoms with Crippen LogP contribution in [0.5, 0.6) is 5.75 Å². The lowest BCUT2D eigenvalue weighted by atomic mass is 9.98. The van der Waals surface area contributed by atoms with Crippen LogP contribution in [0.1, 0.15) is 48.7 Å². The topological polar surface area (TPSA) is 51.2 Å². The molecule has 1 atom stereocenters. The molecule has 4 nitrogen and oxygen atoms in total. The van der Waals surface area contributed by atoms with E-state index in [0.29, 0.717) is 11.0 Å². The summed E-state index contributed by atoms with van der Waals surface area (Å²) >= 11 is 1.59. The lowest BCUT2D eigenvalue weighted by Gasteiger charge is -2.15. The van der Waals surface area contributed by atoms with Crippen molar-refractivity contribution < 1.29 is 9.53 Å². The molecule has 1 aliphatic carbocycles. The Morgan fingerprint density at radius 2 is 2.22 bits per heavy atom. The van der Waals surface area contributed by atoms with Gasteiger partial charge in [0.1, 0.15) is 5.75 Å². The van der Waals surface area contributed by atoms with E-state index in [9.17, 15) is 4.79 Å². The number of thiazole rings is 1. The molecule has 23 heavy (non-hydrogen) atoms. The molecular formula is C18H22N2O2S. The number of anilines is 1. The van der Waals surface area contributed by atoms with Crippen LogP contribution >= 0.6 is 11.3 Å². The van der Waals surface area contributed by atoms with Gasteiger partial charge in [-0.15, -0.1) is 11.3 Å². The second-order valence-electron chi connectivity index (χ2n) is 5.93. The maximum Gasteiger partial charge on any atom is 0.264 e. The first-order chi connectivity index (χ1) is 11.2. The van der Waals surface area contributed by atoms with Crippen LogP contribution in [0.25, 0.3) is 0 Å². The second-order valence-corrected chi connectivity index (χ2v) is 7.01. The van der Waals surface area contributed by atoms with Crippen molar-refractivity contribution in [2.45, 2.75) is 45.4 Å². The molecule has 1 heterocycles. The van der Waals surface area contributed by atoms with Crippen LogP contribution in [-0.4, -0.2) is 17.5 Å². The summed E-state index contributed by atoms with van der Waals surface area (Å²) in [6, 6.07) is 7.93. The number of carbonyl (C=O) groups excluding carboxylic acids is 1. The summed E-state index contributed by atoms with van der Waals surface area (Å²) in [5.41, 5.74) is 2.30. The highest BCUT2D eigenvalue weighted by Crippen LogP contribution is 2.31. The minimum Gasteiger partial charge on any atom is -0.483 e. The average molecular weight is 330 g/mol. The van der Waals surface area contributed by atoms with Crippen molar-refractivity contribution >= 4 is 22.4 Å². The molecule has 0 aliphatic heterocycles. The highest BCUT2D eigenvalue weighted by atomic mass is 32.1. The van der Waals surface area contributed by atoms with Crippen molar-refractivity contribution in [3.63, 3.8) is 0 Å². The van der Waals surface area contributed by atoms with Gasteiger partial charge < -0.3 is 4.74 Å². The van der Waals surface area contributed by atoms with Crippen molar-refractivity contribution in [3.05, 3.63) is 40.4 Å². The summed E-state index contributed by atoms with van der Waals surface area (Å²) < 4.78 is 5.74. The molecule has 1 N–H and O–H groups in total. The predicted molar refractivity (Wildman–Crippen MR) is 93.4 cm³/mol. The van der Waals surface area contributed by atoms with Gasteiger partial charge in [0, 0.05) is 4.88 Å². The number of nitrogens with zero attached hydrogens (tertiary/aromatic N) is 1. The van der Waals surface area contributed by atoms with E-state index in [2.05, 4.69) is 30.2 Å². The quantitative estimate of drug-likeness (QED) is 0.865. The Hall–Kier alpha value is -1.88. The normalized spacial score (nSPS) is 14.3. The third-order valence-electron chi connectivity index (χ3n) is 4.26. The highest BCUT2D eigenvalue weighted by Gasteiger charge is 2.18. The van der Waals surface area contributed by atoms with Gasteiger partial charge in [-0.05, 0) is 43.2 Å². The van der Waals surface area contributed by atoms with E-state index in [0.717, 1.165) is 36.3 Å². The first-order valence-corrected chi connectivity index (χ1v) is 8.99. The highest BCUT2D eigenvalue weighted by molar-refractivity contribution is 7.15. The number of para-hydroxylation sites is 1. The van der Waals surface area contributed by atoms with Crippen molar-refractivity contribution in [1.82, 2.24) is 4.98 Å². The van der Waals surface area contributed by atoms with Gasteiger partial charge in [-0.3, -0.25) is 10.1 Å². The molecule has 122 valence electrons. The van der Waals surface area contributed by atoms with Gasteiger partial charge in [0.25, 0.3) is 5.91 Å². The number of fused-ring (bicyclic) bond motifs is 1. The summed E-state index contributed by atoms with van der Waals surface area (Å²) in [7, 11) is 0. The summed E-state index contributed by atoms with van der Waals surface area (Å²) in [6.07, 6.45) is 4.33. The number of rotatable bonds is 6. The summed E-state index contributed by atoms with van der Waals surface area (Å²) in [5.74, 6) is 1.05. The van der Waals surface area contributed by atoms with E-state index in [1.54, 1.807) is 11.3 Å². The van der Waals surface area contributed by atoms with E-state index in [1.165, 1.54) is 11.3 Å². The van der Waals surface area contributed by atoms with Gasteiger partial charge in [-0.1, -0.05) is 32.0 Å². The van der Waals surface area contributed by atoms with E-state index < -0.39 is 0 Å². The Balaban J connectivity index is 1.58. The van der Waals surface area contributed by atoms with Gasteiger partial charge >= 0.3 is 0 Å². The molecule has 0 fully saturated rings. The van der Waals surface area contributed by atoms with Gasteiger partial charge in [0.15, 0.2) is 11.7 Å². The Morgan fingerprint density at radius 1 is 1.39 bits per heavy atom. The molecule has 2 aromatic rings. The molecule has 3 rings (SSSR count). The van der Waals surface area contributed by atoms with Gasteiger partial charge in [0.2, 0.25) is 0 Å². The lowest BCUT2D eigenvalue weighted by Crippen LogP contribution is -2.20. The summed E-state index contributed by atoms with van der Waals surface area (Å²) in [5, 5.41) is 3.54. The molecule has 0 bridgehead atoms. The molecular weight excluding hydrogens is 308 g/mol. The fourth-order valence-electron chi connectivity index (χ4n) is 2.78. The zero-order chi connectivity index (χ0) is 16.2. The molecule has 1 aliphatic rings. The van der Waals surface area contributed by atoms with Crippen molar-refractivity contribution in [3.8, 4) is 5.75 Å². The zero-order valence-electron chi connectivity index (χ0n) is 13.6. The van der Waals surface area contributed by atoms with E-state index in [4.69, 9.17) is 4.74 Å². The number of hydrogen-bond acceptors (Lipinski definition) is 4. The van der Waals surface area contributed by atoms with Crippen LogP contribution < -0.4 is 10.1 Å². The number of aryl methyl sites for hydroxylation is 2. The number of aromatic nitrogens is 1. The number of nitrogens with one attached hydrogen (secondary N) is 1. The summed E-state index contributed by atoms with van der Waals surface area (Å²) in [6.45, 7) is 4.33. The average Bonchev–Trinajstić information content (AvgIpc) is 3.13. The second kappa shape index (κ2) is 7.13. The van der Waals surface area contributed by atoms with Crippen LogP contribution in [0.2, 0.25) is 0 Å². The molecule has 0 saturated heterocycles. The fourth-order valence-corrected chi connectivity index (χ4v) is 3.85. The molecule has 0 unspecified atom stereocenters. The molecule has 0 saturated carbocycles. The van der Waals surface area contributed by atoms with Gasteiger partial charge in [-0.25, -0.2) is 4.98 Å². The van der Waals surface area contributed by atoms with Crippen LogP contribution in [0.4, 0.5) is 5.13 Å². The Bertz CT molecular complexity index is 675. The number of hydrogen-bond donors (Lipinski definition) is 1. The standard InChI is InChI=1S/C18H22N2O2S/c1-3-12(2)13-7-4-5-9-15(13)22-11-17(21)20-18-19-14-8-6-10-16(14)23-18/h4-5,7,9,12H,3,6,8,10-11H2,1-2H3,(H,19,20,21)/t12-/m0/s1. The largest absolute Gasteiger partial charge is 0.483 e. The van der Waals surface area contributed by atoms with E-state index in [-0.39, 0.29) is 12.5 Å². The van der Waals surface area contributed by atoms with E-state index >= 15 is 0 Å². The monoisotopic (exact) mass is 330 g/mol. The van der Waals surface area contributed by atoms with Gasteiger partial charge in [-0.2, -0.15) is 0 Å². The molecule has 1 aromatic carbocycles. The van der Waals surface area contributed by atoms with Crippen molar-refractivity contribution in [1.29, 1.82) is 0 Å². The molecule has 0 radical (unpaired) electrons. The molecule has 1 aromatic heterocycles. The first kappa shape index (κ1) is 16.0. The minimum atomic E-state index is -0.156. The smallest absolute Gasteiger partial charge is 0.264 e. The van der Waals surface area contributed by atoms with Crippen LogP contribution in [0, 0.1) is 0 Å². The lowest BCUT2D eigenvalue weighted by molar-refractivity contribution is -0.118. The van der Waals surface area contributed by atoms with Crippen LogP contribution in [0.15, 0.2) is 24.3 Å². The molecule has 0 spiro atoms. The predicted octanol–water partition coefficient (Wildman–Crippen LogP) is 4.16. The number of amides is 1. The third-order valence-corrected chi connectivity index (χ3v) is 5.34. The molecule has 5 heteroatoms. The maximum atomic E-state index is 12.1. The number of carbonyl (C=O) groups is 1. The van der Waals surface area contributed by atoms with Gasteiger partial charge in [0.05, 0.1) is 5.69 Å². The van der Waals surface area contributed by atoms with E-state index in [1.807, 2.05) is 18.2 Å². The Morgan fingerprint density at radius 3 is 3.00 bits per heavy atom. The number of ether oxygens (including phenoxy) is 1. The zero-order valence-corrected chi connectivity index (χ0v) is 14.4. The summed E-state index contributed by atoms with van der Waals surface area (Å²) in [4.78, 5) is 17.9. The van der Waals surface area contributed by atoms with Crippen molar-refractivity contribution in [2.75, 3.05) is 11.9 Å². The maximum absolute atomic E-state index is 12.1. The SMILES string of the molecule is CC[C@H](C)c1ccccc1OCC(=O)Nc1nc2c(s1)CCC2. The first-order valence-electron chi connectivity index (χ1n) is 8.17. The minimum absolute atomic E-state index is 0.0116. The van der Waals surface area contributed by atoms with Crippen LogP contribution in [0.3, 0.4) is 0 Å². The van der Waals surface area contributed by atoms with Crippen LogP contribution in [-0.2, 0) is 17.6 Å². The Labute approximate surface area is 140 Å². The Kier molecular flexibility index (Phi) is 4.96. The fraction of sp³-hybridized carbons (Fsp3) is 0.444.